The second kappa shape index (κ2) is 6.29. The summed E-state index contributed by atoms with van der Waals surface area (Å²) < 4.78 is 84.2. The third-order valence-corrected chi connectivity index (χ3v) is 3.80. The molecule has 0 atom stereocenters. The van der Waals surface area contributed by atoms with Gasteiger partial charge >= 0.3 is 12.4 Å². The Bertz CT molecular complexity index is 1070. The number of hydrogen-bond acceptors (Lipinski definition) is 3. The summed E-state index contributed by atoms with van der Waals surface area (Å²) in [6.45, 7) is 0. The van der Waals surface area contributed by atoms with Gasteiger partial charge in [0.1, 0.15) is 11.6 Å². The Morgan fingerprint density at radius 2 is 1.67 bits per heavy atom. The van der Waals surface area contributed by atoms with Crippen LogP contribution in [-0.4, -0.2) is 17.1 Å². The molecule has 4 nitrogen and oxygen atoms in total. The van der Waals surface area contributed by atoms with Gasteiger partial charge in [0.2, 0.25) is 0 Å². The standard InChI is InChI=1S/C17H10F6N2O2/c1-27-12-7-8(16(18,19)20)6-10(17(21,22)23)13(12)14-24-11-5-3-2-4-9(11)15(26)25-14/h2-7H,1H3,(H,24,25,26). The SMILES string of the molecule is COc1cc(C(F)(F)F)cc(C(F)(F)F)c1-c1nc2ccccc2c(=O)[nH]1. The Hall–Kier alpha value is -3.04. The van der Waals surface area contributed by atoms with E-state index in [1.807, 2.05) is 0 Å². The van der Waals surface area contributed by atoms with Gasteiger partial charge in [0.25, 0.3) is 5.56 Å². The fraction of sp³-hybridized carbons (Fsp3) is 0.176. The fourth-order valence-corrected chi connectivity index (χ4v) is 2.61. The number of alkyl halides is 6. The van der Waals surface area contributed by atoms with E-state index in [2.05, 4.69) is 9.97 Å². The second-order valence-electron chi connectivity index (χ2n) is 5.53. The third kappa shape index (κ3) is 3.46. The summed E-state index contributed by atoms with van der Waals surface area (Å²) in [5.41, 5.74) is -4.57. The molecule has 27 heavy (non-hydrogen) atoms. The van der Waals surface area contributed by atoms with E-state index in [1.165, 1.54) is 18.2 Å². The molecule has 10 heteroatoms. The zero-order valence-electron chi connectivity index (χ0n) is 13.5. The number of halogens is 6. The summed E-state index contributed by atoms with van der Waals surface area (Å²) >= 11 is 0. The van der Waals surface area contributed by atoms with Crippen molar-refractivity contribution in [3.05, 3.63) is 57.9 Å². The number of fused-ring (bicyclic) bond motifs is 1. The zero-order valence-corrected chi connectivity index (χ0v) is 13.5. The number of hydrogen-bond donors (Lipinski definition) is 1. The molecular formula is C17H10F6N2O2. The van der Waals surface area contributed by atoms with Crippen LogP contribution in [0.3, 0.4) is 0 Å². The summed E-state index contributed by atoms with van der Waals surface area (Å²) in [6, 6.07) is 6.27. The van der Waals surface area contributed by atoms with Crippen molar-refractivity contribution < 1.29 is 31.1 Å². The Morgan fingerprint density at radius 3 is 2.26 bits per heavy atom. The normalized spacial score (nSPS) is 12.4. The predicted octanol–water partition coefficient (Wildman–Crippen LogP) is 4.64. The summed E-state index contributed by atoms with van der Waals surface area (Å²) in [7, 11) is 0.929. The highest BCUT2D eigenvalue weighted by atomic mass is 19.4. The van der Waals surface area contributed by atoms with Gasteiger partial charge in [-0.2, -0.15) is 26.3 Å². The molecule has 1 aromatic heterocycles. The summed E-state index contributed by atoms with van der Waals surface area (Å²) in [6.07, 6.45) is -10.2. The number of benzene rings is 2. The van der Waals surface area contributed by atoms with E-state index in [0.717, 1.165) is 7.11 Å². The number of rotatable bonds is 2. The number of H-pyrrole nitrogens is 1. The van der Waals surface area contributed by atoms with Gasteiger partial charge in [0.05, 0.1) is 34.7 Å². The molecule has 0 amide bonds. The smallest absolute Gasteiger partial charge is 0.417 e. The average Bonchev–Trinajstić information content (AvgIpc) is 2.59. The van der Waals surface area contributed by atoms with E-state index in [1.54, 1.807) is 6.07 Å². The van der Waals surface area contributed by atoms with E-state index in [0.29, 0.717) is 6.07 Å². The van der Waals surface area contributed by atoms with E-state index in [-0.39, 0.29) is 17.0 Å². The fourth-order valence-electron chi connectivity index (χ4n) is 2.61. The molecule has 1 N–H and O–H groups in total. The van der Waals surface area contributed by atoms with Crippen LogP contribution in [0.25, 0.3) is 22.3 Å². The number of methoxy groups -OCH3 is 1. The first-order valence-corrected chi connectivity index (χ1v) is 7.38. The number of para-hydroxylation sites is 1. The van der Waals surface area contributed by atoms with Crippen molar-refractivity contribution in [3.8, 4) is 17.1 Å². The Labute approximate surface area is 147 Å². The zero-order chi connectivity index (χ0) is 20.0. The van der Waals surface area contributed by atoms with Crippen LogP contribution < -0.4 is 10.3 Å². The Morgan fingerprint density at radius 1 is 1.00 bits per heavy atom. The molecule has 0 radical (unpaired) electrons. The monoisotopic (exact) mass is 388 g/mol. The van der Waals surface area contributed by atoms with Crippen LogP contribution in [0.5, 0.6) is 5.75 Å². The van der Waals surface area contributed by atoms with Crippen molar-refractivity contribution in [1.82, 2.24) is 9.97 Å². The van der Waals surface area contributed by atoms with Gasteiger partial charge in [0, 0.05) is 0 Å². The minimum Gasteiger partial charge on any atom is -0.496 e. The lowest BCUT2D eigenvalue weighted by Gasteiger charge is -2.19. The van der Waals surface area contributed by atoms with E-state index in [4.69, 9.17) is 4.74 Å². The number of ether oxygens (including phenoxy) is 1. The summed E-state index contributed by atoms with van der Waals surface area (Å²) in [4.78, 5) is 18.3. The van der Waals surface area contributed by atoms with Crippen molar-refractivity contribution >= 4 is 10.9 Å². The lowest BCUT2D eigenvalue weighted by atomic mass is 10.0. The van der Waals surface area contributed by atoms with Crippen molar-refractivity contribution in [2.24, 2.45) is 0 Å². The van der Waals surface area contributed by atoms with E-state index in [9.17, 15) is 31.1 Å². The van der Waals surface area contributed by atoms with Crippen LogP contribution in [0.15, 0.2) is 41.2 Å². The molecule has 0 fully saturated rings. The third-order valence-electron chi connectivity index (χ3n) is 3.80. The van der Waals surface area contributed by atoms with Crippen LogP contribution in [0.2, 0.25) is 0 Å². The highest BCUT2D eigenvalue weighted by molar-refractivity contribution is 5.81. The Balaban J connectivity index is 2.40. The van der Waals surface area contributed by atoms with Crippen LogP contribution in [0.4, 0.5) is 26.3 Å². The molecule has 0 spiro atoms. The predicted molar refractivity (Wildman–Crippen MR) is 84.4 cm³/mol. The minimum atomic E-state index is -5.14. The van der Waals surface area contributed by atoms with Crippen molar-refractivity contribution in [1.29, 1.82) is 0 Å². The number of nitrogens with zero attached hydrogens (tertiary/aromatic N) is 1. The Kier molecular flexibility index (Phi) is 4.37. The molecule has 0 aliphatic rings. The van der Waals surface area contributed by atoms with Gasteiger partial charge in [-0.05, 0) is 24.3 Å². The number of aromatic nitrogens is 2. The molecule has 0 aliphatic heterocycles. The van der Waals surface area contributed by atoms with E-state index < -0.39 is 46.2 Å². The molecule has 3 aromatic rings. The van der Waals surface area contributed by atoms with Crippen LogP contribution in [-0.2, 0) is 12.4 Å². The molecule has 0 unspecified atom stereocenters. The van der Waals surface area contributed by atoms with Gasteiger partial charge in [-0.15, -0.1) is 0 Å². The quantitative estimate of drug-likeness (QED) is 0.651. The summed E-state index contributed by atoms with van der Waals surface area (Å²) in [5.74, 6) is -1.26. The lowest BCUT2D eigenvalue weighted by molar-refractivity contribution is -0.142. The first-order chi connectivity index (χ1) is 12.5. The average molecular weight is 388 g/mol. The molecule has 0 bridgehead atoms. The largest absolute Gasteiger partial charge is 0.496 e. The van der Waals surface area contributed by atoms with Crippen molar-refractivity contribution in [2.75, 3.05) is 7.11 Å². The molecular weight excluding hydrogens is 378 g/mol. The molecule has 0 saturated carbocycles. The van der Waals surface area contributed by atoms with Crippen molar-refractivity contribution in [2.45, 2.75) is 12.4 Å². The van der Waals surface area contributed by atoms with Crippen molar-refractivity contribution in [3.63, 3.8) is 0 Å². The molecule has 0 saturated heterocycles. The maximum Gasteiger partial charge on any atom is 0.417 e. The highest BCUT2D eigenvalue weighted by Crippen LogP contribution is 2.44. The van der Waals surface area contributed by atoms with Gasteiger partial charge in [-0.1, -0.05) is 12.1 Å². The van der Waals surface area contributed by atoms with E-state index >= 15 is 0 Å². The topological polar surface area (TPSA) is 55.0 Å². The van der Waals surface area contributed by atoms with Crippen LogP contribution in [0, 0.1) is 0 Å². The van der Waals surface area contributed by atoms with Crippen LogP contribution in [0.1, 0.15) is 11.1 Å². The van der Waals surface area contributed by atoms with Gasteiger partial charge in [-0.25, -0.2) is 4.98 Å². The maximum absolute atomic E-state index is 13.5. The summed E-state index contributed by atoms with van der Waals surface area (Å²) in [5, 5.41) is 0.126. The molecule has 3 rings (SSSR count). The second-order valence-corrected chi connectivity index (χ2v) is 5.53. The molecule has 0 aliphatic carbocycles. The highest BCUT2D eigenvalue weighted by Gasteiger charge is 2.41. The van der Waals surface area contributed by atoms with Gasteiger partial charge in [-0.3, -0.25) is 4.79 Å². The minimum absolute atomic E-state index is 0.0347. The first-order valence-electron chi connectivity index (χ1n) is 7.38. The number of aromatic amines is 1. The molecule has 1 heterocycles. The first kappa shape index (κ1) is 18.7. The number of nitrogens with one attached hydrogen (secondary N) is 1. The maximum atomic E-state index is 13.5. The van der Waals surface area contributed by atoms with Gasteiger partial charge in [0.15, 0.2) is 0 Å². The van der Waals surface area contributed by atoms with Gasteiger partial charge < -0.3 is 9.72 Å². The molecule has 142 valence electrons. The molecule has 2 aromatic carbocycles. The van der Waals surface area contributed by atoms with Crippen LogP contribution >= 0.6 is 0 Å². The lowest BCUT2D eigenvalue weighted by Crippen LogP contribution is -2.16.